The fraction of sp³-hybridized carbons (Fsp3) is 0.562. The lowest BCUT2D eigenvalue weighted by molar-refractivity contribution is -0.137. The van der Waals surface area contributed by atoms with Crippen LogP contribution >= 0.6 is 15.9 Å². The summed E-state index contributed by atoms with van der Waals surface area (Å²) in [6, 6.07) is 2.00. The Kier molecular flexibility index (Phi) is 3.64. The summed E-state index contributed by atoms with van der Waals surface area (Å²) in [5.41, 5.74) is 2.03. The van der Waals surface area contributed by atoms with Crippen molar-refractivity contribution in [2.45, 2.75) is 44.4 Å². The first-order valence-electron chi connectivity index (χ1n) is 7.29. The van der Waals surface area contributed by atoms with Gasteiger partial charge in [0.1, 0.15) is 13.2 Å². The van der Waals surface area contributed by atoms with Crippen LogP contribution in [-0.4, -0.2) is 24.3 Å². The van der Waals surface area contributed by atoms with Gasteiger partial charge >= 0.3 is 5.97 Å². The van der Waals surface area contributed by atoms with Crippen molar-refractivity contribution in [1.29, 1.82) is 0 Å². The lowest BCUT2D eigenvalue weighted by Gasteiger charge is -2.27. The Morgan fingerprint density at radius 3 is 2.62 bits per heavy atom. The fourth-order valence-electron chi connectivity index (χ4n) is 3.15. The molecule has 1 aromatic carbocycles. The third-order valence-electron chi connectivity index (χ3n) is 4.30. The Bertz CT molecular complexity index is 590. The van der Waals surface area contributed by atoms with Crippen molar-refractivity contribution < 1.29 is 19.4 Å². The molecule has 1 N–H and O–H groups in total. The average molecular weight is 355 g/mol. The van der Waals surface area contributed by atoms with Gasteiger partial charge in [-0.25, -0.2) is 0 Å². The quantitative estimate of drug-likeness (QED) is 0.891. The molecule has 21 heavy (non-hydrogen) atoms. The van der Waals surface area contributed by atoms with Gasteiger partial charge in [0.05, 0.1) is 10.9 Å². The Labute approximate surface area is 132 Å². The summed E-state index contributed by atoms with van der Waals surface area (Å²) in [7, 11) is 0. The van der Waals surface area contributed by atoms with Gasteiger partial charge in [-0.1, -0.05) is 13.8 Å². The third kappa shape index (κ3) is 2.52. The highest BCUT2D eigenvalue weighted by Gasteiger charge is 2.48. The van der Waals surface area contributed by atoms with E-state index in [2.05, 4.69) is 29.8 Å². The summed E-state index contributed by atoms with van der Waals surface area (Å²) in [5.74, 6) is 1.02. The zero-order valence-electron chi connectivity index (χ0n) is 12.2. The van der Waals surface area contributed by atoms with Crippen LogP contribution in [-0.2, 0) is 10.2 Å². The molecule has 1 fully saturated rings. The molecule has 1 aliphatic carbocycles. The molecule has 4 nitrogen and oxygen atoms in total. The molecule has 0 atom stereocenters. The Balaban J connectivity index is 2.15. The van der Waals surface area contributed by atoms with Gasteiger partial charge in [-0.15, -0.1) is 0 Å². The largest absolute Gasteiger partial charge is 0.486 e. The summed E-state index contributed by atoms with van der Waals surface area (Å²) in [6.45, 7) is 5.32. The number of rotatable bonds is 4. The predicted molar refractivity (Wildman–Crippen MR) is 82.4 cm³/mol. The van der Waals surface area contributed by atoms with E-state index in [9.17, 15) is 9.90 Å². The first-order valence-corrected chi connectivity index (χ1v) is 8.08. The number of fused-ring (bicyclic) bond motifs is 1. The molecule has 0 amide bonds. The van der Waals surface area contributed by atoms with E-state index < -0.39 is 5.97 Å². The lowest BCUT2D eigenvalue weighted by Crippen LogP contribution is -2.20. The molecule has 0 spiro atoms. The lowest BCUT2D eigenvalue weighted by atomic mass is 9.84. The van der Waals surface area contributed by atoms with Crippen molar-refractivity contribution in [3.05, 3.63) is 21.7 Å². The first kappa shape index (κ1) is 14.7. The van der Waals surface area contributed by atoms with E-state index in [4.69, 9.17) is 9.47 Å². The maximum Gasteiger partial charge on any atom is 0.304 e. The molecule has 5 heteroatoms. The molecule has 3 rings (SSSR count). The van der Waals surface area contributed by atoms with Gasteiger partial charge in [0, 0.05) is 5.41 Å². The fourth-order valence-corrected chi connectivity index (χ4v) is 4.13. The molecule has 1 aromatic rings. The number of carboxylic acids is 1. The van der Waals surface area contributed by atoms with Gasteiger partial charge in [-0.3, -0.25) is 4.79 Å². The third-order valence-corrected chi connectivity index (χ3v) is 5.09. The van der Waals surface area contributed by atoms with Gasteiger partial charge < -0.3 is 14.6 Å². The van der Waals surface area contributed by atoms with Crippen molar-refractivity contribution in [3.8, 4) is 11.5 Å². The van der Waals surface area contributed by atoms with E-state index in [0.29, 0.717) is 13.2 Å². The highest BCUT2D eigenvalue weighted by molar-refractivity contribution is 9.10. The van der Waals surface area contributed by atoms with Gasteiger partial charge in [0.2, 0.25) is 0 Å². The number of carboxylic acid groups (broad SMARTS) is 1. The van der Waals surface area contributed by atoms with Crippen molar-refractivity contribution in [1.82, 2.24) is 0 Å². The molecule has 2 aliphatic rings. The van der Waals surface area contributed by atoms with Crippen LogP contribution in [0.15, 0.2) is 10.5 Å². The van der Waals surface area contributed by atoms with Crippen LogP contribution in [0.25, 0.3) is 0 Å². The minimum atomic E-state index is -0.742. The summed E-state index contributed by atoms with van der Waals surface area (Å²) in [4.78, 5) is 11.2. The van der Waals surface area contributed by atoms with Crippen molar-refractivity contribution >= 4 is 21.9 Å². The number of hydrogen-bond acceptors (Lipinski definition) is 3. The van der Waals surface area contributed by atoms with E-state index in [1.807, 2.05) is 6.07 Å². The van der Waals surface area contributed by atoms with E-state index >= 15 is 0 Å². The predicted octanol–water partition coefficient (Wildman–Crippen LogP) is 3.85. The number of aliphatic carboxylic acids is 1. The zero-order chi connectivity index (χ0) is 15.2. The van der Waals surface area contributed by atoms with Gasteiger partial charge in [0.15, 0.2) is 11.5 Å². The van der Waals surface area contributed by atoms with Crippen LogP contribution in [0.4, 0.5) is 0 Å². The number of ether oxygens (including phenoxy) is 2. The second-order valence-corrected chi connectivity index (χ2v) is 6.97. The normalized spacial score (nSPS) is 18.7. The van der Waals surface area contributed by atoms with Crippen LogP contribution in [0.1, 0.15) is 50.2 Å². The van der Waals surface area contributed by atoms with Crippen LogP contribution in [0.2, 0.25) is 0 Å². The average Bonchev–Trinajstić information content (AvgIpc) is 3.18. The molecule has 1 saturated carbocycles. The number of halogens is 1. The van der Waals surface area contributed by atoms with E-state index in [-0.39, 0.29) is 17.8 Å². The van der Waals surface area contributed by atoms with E-state index in [1.165, 1.54) is 0 Å². The highest BCUT2D eigenvalue weighted by atomic mass is 79.9. The number of carbonyl (C=O) groups is 1. The van der Waals surface area contributed by atoms with Gasteiger partial charge in [-0.05, 0) is 51.9 Å². The van der Waals surface area contributed by atoms with Crippen LogP contribution in [0.5, 0.6) is 11.5 Å². The van der Waals surface area contributed by atoms with Crippen molar-refractivity contribution in [3.63, 3.8) is 0 Å². The second-order valence-electron chi connectivity index (χ2n) is 6.18. The molecule has 0 aromatic heterocycles. The first-order chi connectivity index (χ1) is 9.94. The molecule has 0 bridgehead atoms. The highest BCUT2D eigenvalue weighted by Crippen LogP contribution is 2.57. The Hall–Kier alpha value is -1.23. The summed E-state index contributed by atoms with van der Waals surface area (Å²) < 4.78 is 12.3. The van der Waals surface area contributed by atoms with E-state index in [1.54, 1.807) is 0 Å². The summed E-state index contributed by atoms with van der Waals surface area (Å²) in [5, 5.41) is 9.22. The van der Waals surface area contributed by atoms with Crippen LogP contribution in [0, 0.1) is 0 Å². The minimum Gasteiger partial charge on any atom is -0.486 e. The molecule has 0 radical (unpaired) electrons. The van der Waals surface area contributed by atoms with Gasteiger partial charge in [0.25, 0.3) is 0 Å². The van der Waals surface area contributed by atoms with Crippen molar-refractivity contribution in [2.24, 2.45) is 0 Å². The molecular formula is C16H19BrO4. The van der Waals surface area contributed by atoms with Crippen molar-refractivity contribution in [2.75, 3.05) is 13.2 Å². The topological polar surface area (TPSA) is 55.8 Å². The molecule has 114 valence electrons. The van der Waals surface area contributed by atoms with Crippen LogP contribution < -0.4 is 9.47 Å². The van der Waals surface area contributed by atoms with Gasteiger partial charge in [-0.2, -0.15) is 0 Å². The molecule has 0 unspecified atom stereocenters. The molecule has 1 heterocycles. The molecule has 1 aliphatic heterocycles. The number of hydrogen-bond donors (Lipinski definition) is 1. The standard InChI is InChI=1S/C16H19BrO4/c1-9(2)13-10(16(3-4-16)8-12(18)19)7-11-15(14(13)17)21-6-5-20-11/h7,9H,3-6,8H2,1-2H3,(H,18,19). The maximum absolute atomic E-state index is 11.2. The minimum absolute atomic E-state index is 0.179. The number of benzene rings is 1. The Morgan fingerprint density at radius 1 is 1.38 bits per heavy atom. The Morgan fingerprint density at radius 2 is 2.05 bits per heavy atom. The molecular weight excluding hydrogens is 336 g/mol. The monoisotopic (exact) mass is 354 g/mol. The van der Waals surface area contributed by atoms with E-state index in [0.717, 1.165) is 39.9 Å². The zero-order valence-corrected chi connectivity index (χ0v) is 13.8. The van der Waals surface area contributed by atoms with Crippen LogP contribution in [0.3, 0.4) is 0 Å². The maximum atomic E-state index is 11.2. The SMILES string of the molecule is CC(C)c1c(C2(CC(=O)O)CC2)cc2c(c1Br)OCCO2. The second kappa shape index (κ2) is 5.20. The summed E-state index contributed by atoms with van der Waals surface area (Å²) >= 11 is 3.65. The smallest absolute Gasteiger partial charge is 0.304 e. The summed E-state index contributed by atoms with van der Waals surface area (Å²) in [6.07, 6.45) is 2.02. The molecule has 0 saturated heterocycles.